The van der Waals surface area contributed by atoms with Gasteiger partial charge in [0.2, 0.25) is 0 Å². The van der Waals surface area contributed by atoms with Crippen molar-refractivity contribution in [3.63, 3.8) is 0 Å². The highest BCUT2D eigenvalue weighted by molar-refractivity contribution is 9.10. The molecule has 2 rings (SSSR count). The molecule has 0 bridgehead atoms. The van der Waals surface area contributed by atoms with Crippen LogP contribution in [0.5, 0.6) is 0 Å². The van der Waals surface area contributed by atoms with Crippen LogP contribution in [0.1, 0.15) is 10.4 Å². The molecule has 0 saturated heterocycles. The zero-order valence-electron chi connectivity index (χ0n) is 8.46. The molecule has 86 valence electrons. The Balaban J connectivity index is 2.48. The zero-order chi connectivity index (χ0) is 12.4. The van der Waals surface area contributed by atoms with Gasteiger partial charge in [0.1, 0.15) is 11.4 Å². The molecular formula is C10H7BrN4O2. The van der Waals surface area contributed by atoms with Crippen molar-refractivity contribution in [2.45, 2.75) is 0 Å². The van der Waals surface area contributed by atoms with Gasteiger partial charge in [0, 0.05) is 28.6 Å². The van der Waals surface area contributed by atoms with Crippen LogP contribution < -0.4 is 5.73 Å². The molecule has 2 aromatic rings. The van der Waals surface area contributed by atoms with Gasteiger partial charge in [-0.15, -0.1) is 0 Å². The first kappa shape index (κ1) is 11.5. The Hall–Kier alpha value is -2.02. The highest BCUT2D eigenvalue weighted by Gasteiger charge is 2.11. The fourth-order valence-electron chi connectivity index (χ4n) is 1.23. The first-order chi connectivity index (χ1) is 8.08. The Morgan fingerprint density at radius 3 is 2.71 bits per heavy atom. The summed E-state index contributed by atoms with van der Waals surface area (Å²) in [6.07, 6.45) is 4.37. The third-order valence-electron chi connectivity index (χ3n) is 2.01. The molecule has 0 aromatic carbocycles. The Bertz CT molecular complexity index is 588. The second-order valence-corrected chi connectivity index (χ2v) is 4.11. The van der Waals surface area contributed by atoms with E-state index in [4.69, 9.17) is 10.8 Å². The maximum Gasteiger partial charge on any atom is 0.341 e. The summed E-state index contributed by atoms with van der Waals surface area (Å²) in [6.45, 7) is 0. The summed E-state index contributed by atoms with van der Waals surface area (Å²) < 4.78 is 0.777. The van der Waals surface area contributed by atoms with Crippen LogP contribution in [0.15, 0.2) is 29.1 Å². The molecule has 0 aliphatic rings. The largest absolute Gasteiger partial charge is 0.477 e. The summed E-state index contributed by atoms with van der Waals surface area (Å²) in [6, 6.07) is 1.77. The Labute approximate surface area is 105 Å². The summed E-state index contributed by atoms with van der Waals surface area (Å²) in [5, 5.41) is 8.79. The quantitative estimate of drug-likeness (QED) is 0.872. The lowest BCUT2D eigenvalue weighted by molar-refractivity contribution is 0.0697. The topological polar surface area (TPSA) is 102 Å². The van der Waals surface area contributed by atoms with Crippen molar-refractivity contribution >= 4 is 27.7 Å². The second-order valence-electron chi connectivity index (χ2n) is 3.19. The first-order valence-electron chi connectivity index (χ1n) is 4.54. The number of nitrogens with zero attached hydrogens (tertiary/aromatic N) is 3. The highest BCUT2D eigenvalue weighted by Crippen LogP contribution is 2.19. The van der Waals surface area contributed by atoms with Crippen LogP contribution in [0.3, 0.4) is 0 Å². The average Bonchev–Trinajstić information content (AvgIpc) is 2.28. The van der Waals surface area contributed by atoms with Crippen LogP contribution in [-0.2, 0) is 0 Å². The second kappa shape index (κ2) is 4.46. The standard InChI is InChI=1S/C10H7BrN4O2/c11-6-1-5(2-13-3-6)9-14-4-7(10(16)17)8(12)15-9/h1-4H,(H,16,17)(H2,12,14,15). The van der Waals surface area contributed by atoms with Gasteiger partial charge in [-0.05, 0) is 22.0 Å². The van der Waals surface area contributed by atoms with Gasteiger partial charge in [-0.25, -0.2) is 14.8 Å². The lowest BCUT2D eigenvalue weighted by Crippen LogP contribution is -2.06. The number of carboxylic acids is 1. The maximum atomic E-state index is 10.7. The number of aromatic carboxylic acids is 1. The monoisotopic (exact) mass is 294 g/mol. The van der Waals surface area contributed by atoms with Gasteiger partial charge in [0.15, 0.2) is 5.82 Å². The minimum absolute atomic E-state index is 0.0672. The van der Waals surface area contributed by atoms with Crippen LogP contribution in [-0.4, -0.2) is 26.0 Å². The Morgan fingerprint density at radius 1 is 1.35 bits per heavy atom. The molecule has 0 atom stereocenters. The molecule has 0 aliphatic heterocycles. The molecule has 7 heteroatoms. The number of carbonyl (C=O) groups is 1. The summed E-state index contributed by atoms with van der Waals surface area (Å²) in [5.74, 6) is -0.884. The van der Waals surface area contributed by atoms with Crippen molar-refractivity contribution in [1.82, 2.24) is 15.0 Å². The minimum Gasteiger partial charge on any atom is -0.477 e. The van der Waals surface area contributed by atoms with Crippen molar-refractivity contribution in [1.29, 1.82) is 0 Å². The summed E-state index contributed by atoms with van der Waals surface area (Å²) in [7, 11) is 0. The molecule has 3 N–H and O–H groups in total. The number of nitrogen functional groups attached to an aromatic ring is 1. The minimum atomic E-state index is -1.15. The molecule has 0 spiro atoms. The number of pyridine rings is 1. The summed E-state index contributed by atoms with van der Waals surface area (Å²) >= 11 is 3.27. The Morgan fingerprint density at radius 2 is 2.12 bits per heavy atom. The number of halogens is 1. The third-order valence-corrected chi connectivity index (χ3v) is 2.45. The molecule has 6 nitrogen and oxygen atoms in total. The van der Waals surface area contributed by atoms with E-state index in [0.29, 0.717) is 11.4 Å². The number of hydrogen-bond acceptors (Lipinski definition) is 5. The van der Waals surface area contributed by atoms with Gasteiger partial charge in [-0.3, -0.25) is 4.98 Å². The number of hydrogen-bond donors (Lipinski definition) is 2. The van der Waals surface area contributed by atoms with Crippen molar-refractivity contribution in [3.8, 4) is 11.4 Å². The van der Waals surface area contributed by atoms with Crippen molar-refractivity contribution in [3.05, 3.63) is 34.7 Å². The maximum absolute atomic E-state index is 10.7. The highest BCUT2D eigenvalue weighted by atomic mass is 79.9. The van der Waals surface area contributed by atoms with Gasteiger partial charge in [-0.1, -0.05) is 0 Å². The molecule has 0 amide bonds. The third kappa shape index (κ3) is 2.39. The average molecular weight is 295 g/mol. The molecule has 2 aromatic heterocycles. The molecule has 0 fully saturated rings. The predicted octanol–water partition coefficient (Wildman–Crippen LogP) is 1.58. The number of rotatable bonds is 2. The van der Waals surface area contributed by atoms with E-state index < -0.39 is 5.97 Å². The number of carboxylic acid groups (broad SMARTS) is 1. The lowest BCUT2D eigenvalue weighted by atomic mass is 10.2. The van der Waals surface area contributed by atoms with Crippen LogP contribution in [0.2, 0.25) is 0 Å². The van der Waals surface area contributed by atoms with E-state index in [1.54, 1.807) is 18.5 Å². The van der Waals surface area contributed by atoms with E-state index in [0.717, 1.165) is 4.47 Å². The van der Waals surface area contributed by atoms with Crippen molar-refractivity contribution in [2.75, 3.05) is 5.73 Å². The zero-order valence-corrected chi connectivity index (χ0v) is 10.0. The van der Waals surface area contributed by atoms with Crippen molar-refractivity contribution in [2.24, 2.45) is 0 Å². The van der Waals surface area contributed by atoms with E-state index in [2.05, 4.69) is 30.9 Å². The number of aromatic nitrogens is 3. The van der Waals surface area contributed by atoms with Crippen LogP contribution in [0.25, 0.3) is 11.4 Å². The first-order valence-corrected chi connectivity index (χ1v) is 5.34. The van der Waals surface area contributed by atoms with E-state index >= 15 is 0 Å². The van der Waals surface area contributed by atoms with Crippen LogP contribution in [0.4, 0.5) is 5.82 Å². The molecule has 0 saturated carbocycles. The summed E-state index contributed by atoms with van der Waals surface area (Å²) in [4.78, 5) is 22.6. The normalized spacial score (nSPS) is 10.2. The van der Waals surface area contributed by atoms with Gasteiger partial charge in [-0.2, -0.15) is 0 Å². The molecule has 2 heterocycles. The SMILES string of the molecule is Nc1nc(-c2cncc(Br)c2)ncc1C(=O)O. The Kier molecular flexibility index (Phi) is 3.01. The van der Waals surface area contributed by atoms with Gasteiger partial charge in [0.25, 0.3) is 0 Å². The van der Waals surface area contributed by atoms with Gasteiger partial charge < -0.3 is 10.8 Å². The number of nitrogens with two attached hydrogens (primary N) is 1. The fraction of sp³-hybridized carbons (Fsp3) is 0. The summed E-state index contributed by atoms with van der Waals surface area (Å²) in [5.41, 5.74) is 6.08. The van der Waals surface area contributed by atoms with Crippen LogP contribution in [0, 0.1) is 0 Å². The van der Waals surface area contributed by atoms with Crippen LogP contribution >= 0.6 is 15.9 Å². The van der Waals surface area contributed by atoms with Gasteiger partial charge in [0.05, 0.1) is 0 Å². The molecule has 0 radical (unpaired) electrons. The van der Waals surface area contributed by atoms with E-state index in [1.807, 2.05) is 0 Å². The molecule has 0 unspecified atom stereocenters. The molecule has 0 aliphatic carbocycles. The molecular weight excluding hydrogens is 288 g/mol. The van der Waals surface area contributed by atoms with Crippen molar-refractivity contribution < 1.29 is 9.90 Å². The predicted molar refractivity (Wildman–Crippen MR) is 64.3 cm³/mol. The molecule has 17 heavy (non-hydrogen) atoms. The fourth-order valence-corrected chi connectivity index (χ4v) is 1.60. The van der Waals surface area contributed by atoms with E-state index in [1.165, 1.54) is 6.20 Å². The smallest absolute Gasteiger partial charge is 0.341 e. The lowest BCUT2D eigenvalue weighted by Gasteiger charge is -2.03. The van der Waals surface area contributed by atoms with Gasteiger partial charge >= 0.3 is 5.97 Å². The van der Waals surface area contributed by atoms with E-state index in [9.17, 15) is 4.79 Å². The van der Waals surface area contributed by atoms with E-state index in [-0.39, 0.29) is 11.4 Å². The number of anilines is 1.